The fourth-order valence-electron chi connectivity index (χ4n) is 5.02. The molecule has 2 aromatic carbocycles. The first-order chi connectivity index (χ1) is 14.4. The monoisotopic (exact) mass is 407 g/mol. The number of amides is 2. The first-order valence-electron chi connectivity index (χ1n) is 10.5. The SMILES string of the molecule is CC1(C)OC(=O)N2[C@@H](Cc3ccccc3)CC[C@H]2C1c1ccc(NC(=O)CN)cc1. The molecular formula is C24H29N3O3. The zero-order valence-electron chi connectivity index (χ0n) is 17.5. The van der Waals surface area contributed by atoms with Gasteiger partial charge in [-0.2, -0.15) is 0 Å². The van der Waals surface area contributed by atoms with Crippen molar-refractivity contribution < 1.29 is 14.3 Å². The third kappa shape index (κ3) is 3.92. The minimum Gasteiger partial charge on any atom is -0.443 e. The summed E-state index contributed by atoms with van der Waals surface area (Å²) >= 11 is 0. The Morgan fingerprint density at radius 3 is 2.50 bits per heavy atom. The molecule has 6 nitrogen and oxygen atoms in total. The van der Waals surface area contributed by atoms with Crippen LogP contribution in [0.1, 0.15) is 43.7 Å². The maximum absolute atomic E-state index is 12.9. The lowest BCUT2D eigenvalue weighted by atomic mass is 9.77. The lowest BCUT2D eigenvalue weighted by Gasteiger charge is -2.48. The van der Waals surface area contributed by atoms with Gasteiger partial charge in [0.25, 0.3) is 0 Å². The summed E-state index contributed by atoms with van der Waals surface area (Å²) in [5, 5.41) is 2.77. The quantitative estimate of drug-likeness (QED) is 0.792. The maximum atomic E-state index is 12.9. The molecule has 2 amide bonds. The number of nitrogens with one attached hydrogen (secondary N) is 1. The van der Waals surface area contributed by atoms with Crippen molar-refractivity contribution in [1.29, 1.82) is 0 Å². The van der Waals surface area contributed by atoms with Gasteiger partial charge in [0.1, 0.15) is 5.60 Å². The molecule has 2 aromatic rings. The molecule has 0 spiro atoms. The largest absolute Gasteiger partial charge is 0.443 e. The fourth-order valence-corrected chi connectivity index (χ4v) is 5.02. The van der Waals surface area contributed by atoms with Crippen molar-refractivity contribution in [3.05, 3.63) is 65.7 Å². The number of nitrogens with two attached hydrogens (primary N) is 1. The molecule has 1 unspecified atom stereocenters. The molecule has 3 atom stereocenters. The summed E-state index contributed by atoms with van der Waals surface area (Å²) in [7, 11) is 0. The Kier molecular flexibility index (Phi) is 5.52. The normalized spacial score (nSPS) is 24.8. The van der Waals surface area contributed by atoms with Crippen molar-refractivity contribution in [3.8, 4) is 0 Å². The Bertz CT molecular complexity index is 911. The molecule has 2 saturated heterocycles. The number of nitrogens with zero attached hydrogens (tertiary/aromatic N) is 1. The Morgan fingerprint density at radius 2 is 1.83 bits per heavy atom. The smallest absolute Gasteiger partial charge is 0.410 e. The number of rotatable bonds is 5. The van der Waals surface area contributed by atoms with Crippen LogP contribution in [0.2, 0.25) is 0 Å². The highest BCUT2D eigenvalue weighted by Crippen LogP contribution is 2.47. The van der Waals surface area contributed by atoms with Gasteiger partial charge in [-0.15, -0.1) is 0 Å². The van der Waals surface area contributed by atoms with Crippen LogP contribution in [0.5, 0.6) is 0 Å². The standard InChI is InChI=1S/C24H29N3O3/c1-24(2)22(17-8-10-18(11-9-17)26-21(28)15-25)20-13-12-19(27(20)23(29)30-24)14-16-6-4-3-5-7-16/h3-11,19-20,22H,12-15,25H2,1-2H3,(H,26,28)/t19-,20+,22?/m1/s1. The lowest BCUT2D eigenvalue weighted by Crippen LogP contribution is -2.57. The van der Waals surface area contributed by atoms with Crippen molar-refractivity contribution in [2.45, 2.75) is 56.7 Å². The van der Waals surface area contributed by atoms with Gasteiger partial charge in [0.2, 0.25) is 5.91 Å². The average molecular weight is 408 g/mol. The minimum absolute atomic E-state index is 0.0484. The number of ether oxygens (including phenoxy) is 1. The molecule has 0 saturated carbocycles. The highest BCUT2D eigenvalue weighted by molar-refractivity contribution is 5.92. The average Bonchev–Trinajstić information content (AvgIpc) is 3.12. The summed E-state index contributed by atoms with van der Waals surface area (Å²) < 4.78 is 5.94. The highest BCUT2D eigenvalue weighted by Gasteiger charge is 2.53. The first kappa shape index (κ1) is 20.4. The summed E-state index contributed by atoms with van der Waals surface area (Å²) in [6.07, 6.45) is 2.54. The highest BCUT2D eigenvalue weighted by atomic mass is 16.6. The molecule has 0 bridgehead atoms. The van der Waals surface area contributed by atoms with Crippen LogP contribution in [0.4, 0.5) is 10.5 Å². The van der Waals surface area contributed by atoms with Crippen LogP contribution in [-0.4, -0.2) is 41.1 Å². The van der Waals surface area contributed by atoms with E-state index in [0.29, 0.717) is 5.69 Å². The molecule has 6 heteroatoms. The van der Waals surface area contributed by atoms with Crippen molar-refractivity contribution in [3.63, 3.8) is 0 Å². The van der Waals surface area contributed by atoms with Crippen molar-refractivity contribution in [1.82, 2.24) is 4.90 Å². The van der Waals surface area contributed by atoms with Crippen LogP contribution in [0.3, 0.4) is 0 Å². The number of cyclic esters (lactones) is 1. The molecule has 0 aromatic heterocycles. The number of anilines is 1. The Labute approximate surface area is 177 Å². The van der Waals surface area contributed by atoms with E-state index in [0.717, 1.165) is 24.8 Å². The molecule has 0 aliphatic carbocycles. The van der Waals surface area contributed by atoms with E-state index in [1.807, 2.05) is 61.2 Å². The second-order valence-electron chi connectivity index (χ2n) is 8.72. The van der Waals surface area contributed by atoms with Crippen LogP contribution >= 0.6 is 0 Å². The summed E-state index contributed by atoms with van der Waals surface area (Å²) in [4.78, 5) is 26.4. The van der Waals surface area contributed by atoms with E-state index >= 15 is 0 Å². The number of hydrogen-bond donors (Lipinski definition) is 2. The molecule has 2 heterocycles. The summed E-state index contributed by atoms with van der Waals surface area (Å²) in [5.41, 5.74) is 7.82. The van der Waals surface area contributed by atoms with Gasteiger partial charge >= 0.3 is 6.09 Å². The van der Waals surface area contributed by atoms with E-state index in [1.165, 1.54) is 5.56 Å². The molecule has 2 aliphatic heterocycles. The first-order valence-corrected chi connectivity index (χ1v) is 10.5. The molecule has 2 fully saturated rings. The van der Waals surface area contributed by atoms with E-state index in [1.54, 1.807) is 0 Å². The van der Waals surface area contributed by atoms with E-state index in [4.69, 9.17) is 10.5 Å². The van der Waals surface area contributed by atoms with Gasteiger partial charge in [-0.25, -0.2) is 4.79 Å². The summed E-state index contributed by atoms with van der Waals surface area (Å²) in [6.45, 7) is 3.93. The zero-order valence-corrected chi connectivity index (χ0v) is 17.5. The van der Waals surface area contributed by atoms with E-state index < -0.39 is 5.60 Å². The molecule has 0 radical (unpaired) electrons. The second kappa shape index (κ2) is 8.11. The topological polar surface area (TPSA) is 84.7 Å². The van der Waals surface area contributed by atoms with E-state index in [9.17, 15) is 9.59 Å². The number of carbonyl (C=O) groups is 2. The van der Waals surface area contributed by atoms with E-state index in [2.05, 4.69) is 17.4 Å². The molecule has 2 aliphatic rings. The third-order valence-electron chi connectivity index (χ3n) is 6.29. The van der Waals surface area contributed by atoms with Gasteiger partial charge in [-0.05, 0) is 56.4 Å². The number of fused-ring (bicyclic) bond motifs is 1. The van der Waals surface area contributed by atoms with Crippen LogP contribution < -0.4 is 11.1 Å². The number of carbonyl (C=O) groups excluding carboxylic acids is 2. The summed E-state index contributed by atoms with van der Waals surface area (Å²) in [6, 6.07) is 18.3. The van der Waals surface area contributed by atoms with Gasteiger partial charge < -0.3 is 20.7 Å². The molecule has 30 heavy (non-hydrogen) atoms. The van der Waals surface area contributed by atoms with Crippen LogP contribution in [0.15, 0.2) is 54.6 Å². The van der Waals surface area contributed by atoms with Gasteiger partial charge in [0.15, 0.2) is 0 Å². The van der Waals surface area contributed by atoms with Crippen molar-refractivity contribution in [2.24, 2.45) is 5.73 Å². The number of benzene rings is 2. The molecule has 3 N–H and O–H groups in total. The second-order valence-corrected chi connectivity index (χ2v) is 8.72. The van der Waals surface area contributed by atoms with Gasteiger partial charge in [-0.1, -0.05) is 42.5 Å². The molecular weight excluding hydrogens is 378 g/mol. The Balaban J connectivity index is 1.58. The number of hydrogen-bond acceptors (Lipinski definition) is 4. The third-order valence-corrected chi connectivity index (χ3v) is 6.29. The van der Waals surface area contributed by atoms with Gasteiger partial charge in [0, 0.05) is 23.7 Å². The van der Waals surface area contributed by atoms with Crippen molar-refractivity contribution in [2.75, 3.05) is 11.9 Å². The molecule has 158 valence electrons. The van der Waals surface area contributed by atoms with Gasteiger partial charge in [-0.3, -0.25) is 4.79 Å². The van der Waals surface area contributed by atoms with Gasteiger partial charge in [0.05, 0.1) is 6.54 Å². The summed E-state index contributed by atoms with van der Waals surface area (Å²) in [5.74, 6) is -0.171. The molecule has 4 rings (SSSR count). The predicted molar refractivity (Wildman–Crippen MR) is 116 cm³/mol. The zero-order chi connectivity index (χ0) is 21.3. The lowest BCUT2D eigenvalue weighted by molar-refractivity contribution is -0.114. The van der Waals surface area contributed by atoms with Crippen molar-refractivity contribution >= 4 is 17.7 Å². The fraction of sp³-hybridized carbons (Fsp3) is 0.417. The Hall–Kier alpha value is -2.86. The maximum Gasteiger partial charge on any atom is 0.410 e. The van der Waals surface area contributed by atoms with E-state index in [-0.39, 0.29) is 36.5 Å². The minimum atomic E-state index is -0.609. The van der Waals surface area contributed by atoms with Crippen LogP contribution in [-0.2, 0) is 16.0 Å². The van der Waals surface area contributed by atoms with Crippen LogP contribution in [0.25, 0.3) is 0 Å². The Morgan fingerprint density at radius 1 is 1.13 bits per heavy atom. The predicted octanol–water partition coefficient (Wildman–Crippen LogP) is 3.67. The van der Waals surface area contributed by atoms with Crippen LogP contribution in [0, 0.1) is 0 Å².